The minimum Gasteiger partial charge on any atom is -0.240 e. The van der Waals surface area contributed by atoms with E-state index in [2.05, 4.69) is 86.6 Å². The molecular formula is C22H19NS. The Labute approximate surface area is 146 Å². The summed E-state index contributed by atoms with van der Waals surface area (Å²) in [7, 11) is 0. The average molecular weight is 329 g/mol. The molecule has 3 aromatic carbocycles. The molecule has 2 heteroatoms. The van der Waals surface area contributed by atoms with Crippen LogP contribution in [0.1, 0.15) is 33.2 Å². The summed E-state index contributed by atoms with van der Waals surface area (Å²) in [6.07, 6.45) is 0. The quantitative estimate of drug-likeness (QED) is 0.443. The molecule has 0 bridgehead atoms. The van der Waals surface area contributed by atoms with E-state index >= 15 is 0 Å². The zero-order chi connectivity index (χ0) is 16.5. The summed E-state index contributed by atoms with van der Waals surface area (Å²) >= 11 is 1.81. The molecule has 0 N–H and O–H groups in total. The van der Waals surface area contributed by atoms with Crippen LogP contribution < -0.4 is 0 Å². The van der Waals surface area contributed by atoms with Crippen molar-refractivity contribution >= 4 is 21.6 Å². The second kappa shape index (κ2) is 6.21. The minimum atomic E-state index is 0.186. The van der Waals surface area contributed by atoms with Crippen LogP contribution in [0.3, 0.4) is 0 Å². The number of fused-ring (bicyclic) bond motifs is 1. The van der Waals surface area contributed by atoms with Crippen LogP contribution in [-0.4, -0.2) is 4.98 Å². The highest BCUT2D eigenvalue weighted by atomic mass is 32.1. The third kappa shape index (κ3) is 2.74. The number of thiazole rings is 1. The van der Waals surface area contributed by atoms with Crippen molar-refractivity contribution in [2.24, 2.45) is 0 Å². The number of rotatable bonds is 3. The number of aromatic nitrogens is 1. The lowest BCUT2D eigenvalue weighted by Crippen LogP contribution is -2.02. The largest absolute Gasteiger partial charge is 0.240 e. The second-order valence-electron chi connectivity index (χ2n) is 6.21. The summed E-state index contributed by atoms with van der Waals surface area (Å²) < 4.78 is 1.27. The second-order valence-corrected chi connectivity index (χ2v) is 7.27. The standard InChI is InChI=1S/C22H19NS/c1-15-13-19-20(14-16(15)2)24-22(23-19)21(17-9-5-3-6-10-17)18-11-7-4-8-12-18/h3-14,21H,1-2H3. The molecule has 0 unspecified atom stereocenters. The lowest BCUT2D eigenvalue weighted by atomic mass is 9.92. The van der Waals surface area contributed by atoms with Crippen LogP contribution in [0.4, 0.5) is 0 Å². The maximum atomic E-state index is 4.99. The van der Waals surface area contributed by atoms with Gasteiger partial charge in [-0.05, 0) is 48.2 Å². The van der Waals surface area contributed by atoms with E-state index in [9.17, 15) is 0 Å². The molecule has 24 heavy (non-hydrogen) atoms. The van der Waals surface area contributed by atoms with E-state index in [4.69, 9.17) is 4.98 Å². The summed E-state index contributed by atoms with van der Waals surface area (Å²) in [5.41, 5.74) is 6.31. The van der Waals surface area contributed by atoms with E-state index in [0.717, 1.165) is 10.5 Å². The summed E-state index contributed by atoms with van der Waals surface area (Å²) in [6.45, 7) is 4.32. The Morgan fingerprint density at radius 1 is 0.750 bits per heavy atom. The van der Waals surface area contributed by atoms with E-state index in [0.29, 0.717) is 0 Å². The van der Waals surface area contributed by atoms with Crippen LogP contribution in [0.15, 0.2) is 72.8 Å². The lowest BCUT2D eigenvalue weighted by molar-refractivity contribution is 0.962. The van der Waals surface area contributed by atoms with Gasteiger partial charge in [0, 0.05) is 0 Å². The summed E-state index contributed by atoms with van der Waals surface area (Å²) in [5, 5.41) is 1.16. The summed E-state index contributed by atoms with van der Waals surface area (Å²) in [5.74, 6) is 0.186. The van der Waals surface area contributed by atoms with E-state index in [1.165, 1.54) is 27.0 Å². The Hall–Kier alpha value is -2.45. The molecule has 4 aromatic rings. The Balaban J connectivity index is 1.91. The first-order valence-electron chi connectivity index (χ1n) is 8.20. The number of aryl methyl sites for hydroxylation is 2. The highest BCUT2D eigenvalue weighted by Gasteiger charge is 2.20. The van der Waals surface area contributed by atoms with Gasteiger partial charge < -0.3 is 0 Å². The molecule has 4 rings (SSSR count). The highest BCUT2D eigenvalue weighted by molar-refractivity contribution is 7.18. The summed E-state index contributed by atoms with van der Waals surface area (Å²) in [6, 6.07) is 25.8. The third-order valence-corrected chi connectivity index (χ3v) is 5.62. The van der Waals surface area contributed by atoms with Crippen molar-refractivity contribution in [1.82, 2.24) is 4.98 Å². The van der Waals surface area contributed by atoms with Crippen LogP contribution in [0.2, 0.25) is 0 Å². The zero-order valence-electron chi connectivity index (χ0n) is 13.9. The lowest BCUT2D eigenvalue weighted by Gasteiger charge is -2.15. The molecule has 0 atom stereocenters. The predicted octanol–water partition coefficient (Wildman–Crippen LogP) is 6.09. The Morgan fingerprint density at radius 3 is 1.88 bits per heavy atom. The van der Waals surface area contributed by atoms with Crippen molar-refractivity contribution in [3.63, 3.8) is 0 Å². The molecule has 0 saturated heterocycles. The first-order chi connectivity index (χ1) is 11.7. The minimum absolute atomic E-state index is 0.186. The van der Waals surface area contributed by atoms with Gasteiger partial charge in [0.2, 0.25) is 0 Å². The first kappa shape index (κ1) is 15.1. The maximum Gasteiger partial charge on any atom is 0.106 e. The van der Waals surface area contributed by atoms with Crippen molar-refractivity contribution in [3.05, 3.63) is 100 Å². The van der Waals surface area contributed by atoms with Crippen LogP contribution in [0.5, 0.6) is 0 Å². The molecule has 0 aliphatic heterocycles. The smallest absolute Gasteiger partial charge is 0.106 e. The molecule has 0 saturated carbocycles. The van der Waals surface area contributed by atoms with Crippen molar-refractivity contribution in [3.8, 4) is 0 Å². The van der Waals surface area contributed by atoms with Gasteiger partial charge in [-0.2, -0.15) is 0 Å². The van der Waals surface area contributed by atoms with Crippen LogP contribution >= 0.6 is 11.3 Å². The van der Waals surface area contributed by atoms with Gasteiger partial charge in [0.05, 0.1) is 16.1 Å². The fraction of sp³-hybridized carbons (Fsp3) is 0.136. The zero-order valence-corrected chi connectivity index (χ0v) is 14.7. The highest BCUT2D eigenvalue weighted by Crippen LogP contribution is 2.37. The molecule has 0 aliphatic rings. The Morgan fingerprint density at radius 2 is 1.29 bits per heavy atom. The van der Waals surface area contributed by atoms with E-state index in [1.807, 2.05) is 0 Å². The van der Waals surface area contributed by atoms with E-state index in [-0.39, 0.29) is 5.92 Å². The van der Waals surface area contributed by atoms with E-state index in [1.54, 1.807) is 11.3 Å². The molecule has 1 nitrogen and oxygen atoms in total. The van der Waals surface area contributed by atoms with Crippen molar-refractivity contribution < 1.29 is 0 Å². The SMILES string of the molecule is Cc1cc2nc(C(c3ccccc3)c3ccccc3)sc2cc1C. The molecule has 0 radical (unpaired) electrons. The molecule has 0 fully saturated rings. The molecule has 1 heterocycles. The maximum absolute atomic E-state index is 4.99. The van der Waals surface area contributed by atoms with Gasteiger partial charge in [-0.15, -0.1) is 11.3 Å². The number of hydrogen-bond acceptors (Lipinski definition) is 2. The normalized spacial score (nSPS) is 11.3. The topological polar surface area (TPSA) is 12.9 Å². The molecule has 0 spiro atoms. The fourth-order valence-electron chi connectivity index (χ4n) is 3.09. The average Bonchev–Trinajstić information content (AvgIpc) is 2.99. The van der Waals surface area contributed by atoms with Gasteiger partial charge in [0.1, 0.15) is 5.01 Å². The molecular weight excluding hydrogens is 310 g/mol. The number of benzene rings is 3. The van der Waals surface area contributed by atoms with Crippen LogP contribution in [0.25, 0.3) is 10.2 Å². The predicted molar refractivity (Wildman–Crippen MR) is 103 cm³/mol. The van der Waals surface area contributed by atoms with Crippen molar-refractivity contribution in [2.75, 3.05) is 0 Å². The van der Waals surface area contributed by atoms with Gasteiger partial charge in [-0.25, -0.2) is 4.98 Å². The van der Waals surface area contributed by atoms with Crippen LogP contribution in [-0.2, 0) is 0 Å². The molecule has 0 amide bonds. The molecule has 118 valence electrons. The third-order valence-electron chi connectivity index (χ3n) is 4.53. The van der Waals surface area contributed by atoms with Gasteiger partial charge in [-0.3, -0.25) is 0 Å². The summed E-state index contributed by atoms with van der Waals surface area (Å²) in [4.78, 5) is 4.99. The first-order valence-corrected chi connectivity index (χ1v) is 9.01. The van der Waals surface area contributed by atoms with Crippen molar-refractivity contribution in [1.29, 1.82) is 0 Å². The Bertz CT molecular complexity index is 892. The van der Waals surface area contributed by atoms with Gasteiger partial charge in [0.25, 0.3) is 0 Å². The van der Waals surface area contributed by atoms with Crippen LogP contribution in [0, 0.1) is 13.8 Å². The number of hydrogen-bond donors (Lipinski definition) is 0. The van der Waals surface area contributed by atoms with Gasteiger partial charge in [-0.1, -0.05) is 60.7 Å². The fourth-order valence-corrected chi connectivity index (χ4v) is 4.29. The Kier molecular flexibility index (Phi) is 3.91. The van der Waals surface area contributed by atoms with Gasteiger partial charge >= 0.3 is 0 Å². The van der Waals surface area contributed by atoms with Gasteiger partial charge in [0.15, 0.2) is 0 Å². The van der Waals surface area contributed by atoms with E-state index < -0.39 is 0 Å². The van der Waals surface area contributed by atoms with Crippen molar-refractivity contribution in [2.45, 2.75) is 19.8 Å². The molecule has 0 aliphatic carbocycles. The number of nitrogens with zero attached hydrogens (tertiary/aromatic N) is 1. The molecule has 1 aromatic heterocycles. The monoisotopic (exact) mass is 329 g/mol.